The van der Waals surface area contributed by atoms with Gasteiger partial charge in [0.2, 0.25) is 15.9 Å². The number of hydrogen-bond donors (Lipinski definition) is 2. The highest BCUT2D eigenvalue weighted by molar-refractivity contribution is 9.10. The Bertz CT molecular complexity index is 1260. The van der Waals surface area contributed by atoms with Crippen molar-refractivity contribution in [2.75, 3.05) is 50.1 Å². The summed E-state index contributed by atoms with van der Waals surface area (Å²) in [6.07, 6.45) is 1.54. The number of carbonyl (C=O) groups excluding carboxylic acids is 1. The van der Waals surface area contributed by atoms with Gasteiger partial charge in [-0.3, -0.25) is 9.89 Å². The molecule has 2 aromatic carbocycles. The fourth-order valence-corrected chi connectivity index (χ4v) is 5.74. The Morgan fingerprint density at radius 2 is 2.06 bits per heavy atom. The van der Waals surface area contributed by atoms with E-state index in [1.165, 1.54) is 19.3 Å². The van der Waals surface area contributed by atoms with Crippen molar-refractivity contribution in [2.24, 2.45) is 0 Å². The number of carbonyl (C=O) groups is 1. The number of morpholine rings is 1. The summed E-state index contributed by atoms with van der Waals surface area (Å²) >= 11 is 9.73. The third-order valence-electron chi connectivity index (χ3n) is 5.12. The Morgan fingerprint density at radius 3 is 2.78 bits per heavy atom. The number of hydrogen-bond acceptors (Lipinski definition) is 6. The smallest absolute Gasteiger partial charge is 0.245 e. The summed E-state index contributed by atoms with van der Waals surface area (Å²) < 4.78 is 33.1. The van der Waals surface area contributed by atoms with Crippen LogP contribution in [-0.2, 0) is 19.6 Å². The van der Waals surface area contributed by atoms with E-state index in [0.29, 0.717) is 39.3 Å². The molecule has 3 aromatic rings. The minimum atomic E-state index is -3.95. The first kappa shape index (κ1) is 23.0. The quantitative estimate of drug-likeness (QED) is 0.496. The lowest BCUT2D eigenvalue weighted by Gasteiger charge is -2.29. The number of likely N-dealkylation sites (N-methyl/N-ethyl adjacent to an activating group) is 1. The first-order chi connectivity index (χ1) is 15.3. The number of H-pyrrole nitrogens is 1. The fourth-order valence-electron chi connectivity index (χ4n) is 3.49. The molecular formula is C20H21BrClN5O4S. The van der Waals surface area contributed by atoms with E-state index in [0.717, 1.165) is 23.1 Å². The van der Waals surface area contributed by atoms with Gasteiger partial charge in [-0.2, -0.15) is 9.40 Å². The van der Waals surface area contributed by atoms with Crippen LogP contribution < -0.4 is 10.2 Å². The summed E-state index contributed by atoms with van der Waals surface area (Å²) in [5.41, 5.74) is 1.73. The van der Waals surface area contributed by atoms with Gasteiger partial charge < -0.3 is 15.0 Å². The average Bonchev–Trinajstić information content (AvgIpc) is 3.22. The maximum absolute atomic E-state index is 13.1. The molecule has 9 nitrogen and oxygen atoms in total. The number of aromatic amines is 1. The van der Waals surface area contributed by atoms with E-state index in [2.05, 4.69) is 36.3 Å². The summed E-state index contributed by atoms with van der Waals surface area (Å²) in [6, 6.07) is 8.47. The summed E-state index contributed by atoms with van der Waals surface area (Å²) in [5.74, 6) is -0.484. The number of amides is 1. The van der Waals surface area contributed by atoms with Crippen LogP contribution in [0.2, 0.25) is 5.02 Å². The zero-order valence-electron chi connectivity index (χ0n) is 17.1. The molecule has 170 valence electrons. The molecule has 2 N–H and O–H groups in total. The molecule has 0 radical (unpaired) electrons. The van der Waals surface area contributed by atoms with Crippen molar-refractivity contribution in [1.82, 2.24) is 14.5 Å². The van der Waals surface area contributed by atoms with E-state index in [-0.39, 0.29) is 11.4 Å². The number of aromatic nitrogens is 2. The summed E-state index contributed by atoms with van der Waals surface area (Å²) in [4.78, 5) is 14.7. The summed E-state index contributed by atoms with van der Waals surface area (Å²) in [6.45, 7) is 2.39. The van der Waals surface area contributed by atoms with Crippen molar-refractivity contribution in [2.45, 2.75) is 4.90 Å². The fraction of sp³-hybridized carbons (Fsp3) is 0.300. The zero-order chi connectivity index (χ0) is 22.9. The molecule has 1 saturated heterocycles. The van der Waals surface area contributed by atoms with Crippen LogP contribution in [0.15, 0.2) is 45.9 Å². The van der Waals surface area contributed by atoms with Crippen molar-refractivity contribution in [3.63, 3.8) is 0 Å². The van der Waals surface area contributed by atoms with E-state index in [1.54, 1.807) is 18.2 Å². The lowest BCUT2D eigenvalue weighted by Crippen LogP contribution is -2.36. The first-order valence-electron chi connectivity index (χ1n) is 9.77. The topological polar surface area (TPSA) is 108 Å². The minimum absolute atomic E-state index is 0.0348. The second-order valence-electron chi connectivity index (χ2n) is 7.31. The maximum atomic E-state index is 13.1. The largest absolute Gasteiger partial charge is 0.378 e. The Labute approximate surface area is 198 Å². The number of rotatable bonds is 6. The molecule has 2 heterocycles. The molecule has 0 saturated carbocycles. The molecule has 0 bridgehead atoms. The molecule has 1 aliphatic heterocycles. The van der Waals surface area contributed by atoms with Crippen LogP contribution in [0.1, 0.15) is 0 Å². The second kappa shape index (κ2) is 9.36. The van der Waals surface area contributed by atoms with Gasteiger partial charge in [-0.25, -0.2) is 8.42 Å². The van der Waals surface area contributed by atoms with Gasteiger partial charge in [0.15, 0.2) is 0 Å². The predicted octanol–water partition coefficient (Wildman–Crippen LogP) is 3.07. The van der Waals surface area contributed by atoms with Crippen LogP contribution in [0.5, 0.6) is 0 Å². The molecule has 4 rings (SSSR count). The Morgan fingerprint density at radius 1 is 1.31 bits per heavy atom. The van der Waals surface area contributed by atoms with E-state index in [9.17, 15) is 13.2 Å². The van der Waals surface area contributed by atoms with Gasteiger partial charge in [0.1, 0.15) is 4.90 Å². The van der Waals surface area contributed by atoms with Gasteiger partial charge in [-0.1, -0.05) is 27.5 Å². The molecule has 0 atom stereocenters. The highest BCUT2D eigenvalue weighted by atomic mass is 79.9. The molecular weight excluding hydrogens is 522 g/mol. The van der Waals surface area contributed by atoms with Crippen molar-refractivity contribution < 1.29 is 17.9 Å². The van der Waals surface area contributed by atoms with Gasteiger partial charge in [-0.15, -0.1) is 0 Å². The Balaban J connectivity index is 1.46. The molecule has 1 amide bonds. The third kappa shape index (κ3) is 4.76. The molecule has 1 aliphatic rings. The van der Waals surface area contributed by atoms with Gasteiger partial charge >= 0.3 is 0 Å². The number of anilines is 2. The molecule has 0 spiro atoms. The van der Waals surface area contributed by atoms with Crippen LogP contribution in [0.25, 0.3) is 10.9 Å². The van der Waals surface area contributed by atoms with Crippen LogP contribution >= 0.6 is 27.5 Å². The molecule has 12 heteroatoms. The number of fused-ring (bicyclic) bond motifs is 1. The summed E-state index contributed by atoms with van der Waals surface area (Å²) in [5, 5.41) is 10.5. The number of nitrogens with one attached hydrogen (secondary N) is 2. The van der Waals surface area contributed by atoms with Gasteiger partial charge in [0.05, 0.1) is 42.2 Å². The lowest BCUT2D eigenvalue weighted by molar-refractivity contribution is -0.116. The molecule has 0 unspecified atom stereocenters. The second-order valence-corrected chi connectivity index (χ2v) is 10.6. The monoisotopic (exact) mass is 541 g/mol. The predicted molar refractivity (Wildman–Crippen MR) is 127 cm³/mol. The molecule has 1 aromatic heterocycles. The Hall–Kier alpha value is -2.18. The minimum Gasteiger partial charge on any atom is -0.378 e. The SMILES string of the molecule is CN(CC(=O)Nc1ccc(N2CCOCC2)c(Cl)c1)S(=O)(=O)c1cc(Br)cc2cn[nH]c12. The van der Waals surface area contributed by atoms with Crippen LogP contribution in [-0.4, -0.2) is 68.7 Å². The van der Waals surface area contributed by atoms with Crippen LogP contribution in [0.4, 0.5) is 11.4 Å². The third-order valence-corrected chi connectivity index (χ3v) is 7.70. The van der Waals surface area contributed by atoms with Gasteiger partial charge in [-0.05, 0) is 30.3 Å². The van der Waals surface area contributed by atoms with E-state index in [1.807, 2.05) is 6.07 Å². The van der Waals surface area contributed by atoms with E-state index in [4.69, 9.17) is 16.3 Å². The first-order valence-corrected chi connectivity index (χ1v) is 12.4. The summed E-state index contributed by atoms with van der Waals surface area (Å²) in [7, 11) is -2.59. The van der Waals surface area contributed by atoms with Crippen LogP contribution in [0.3, 0.4) is 0 Å². The molecule has 1 fully saturated rings. The number of nitrogens with zero attached hydrogens (tertiary/aromatic N) is 3. The number of sulfonamides is 1. The zero-order valence-corrected chi connectivity index (χ0v) is 20.3. The van der Waals surface area contributed by atoms with Gasteiger partial charge in [0.25, 0.3) is 0 Å². The van der Waals surface area contributed by atoms with Gasteiger partial charge in [0, 0.05) is 35.7 Å². The van der Waals surface area contributed by atoms with E-state index >= 15 is 0 Å². The average molecular weight is 543 g/mol. The van der Waals surface area contributed by atoms with E-state index < -0.39 is 15.9 Å². The lowest BCUT2D eigenvalue weighted by atomic mass is 10.2. The van der Waals surface area contributed by atoms with Crippen molar-refractivity contribution in [1.29, 1.82) is 0 Å². The number of halogens is 2. The highest BCUT2D eigenvalue weighted by Gasteiger charge is 2.26. The number of benzene rings is 2. The van der Waals surface area contributed by atoms with Crippen molar-refractivity contribution >= 4 is 65.7 Å². The Kier molecular flexibility index (Phi) is 6.72. The molecule has 0 aliphatic carbocycles. The molecule has 32 heavy (non-hydrogen) atoms. The highest BCUT2D eigenvalue weighted by Crippen LogP contribution is 2.30. The maximum Gasteiger partial charge on any atom is 0.245 e. The standard InChI is InChI=1S/C20H21BrClN5O4S/c1-26(32(29,30)18-9-14(21)8-13-11-23-25-20(13)18)12-19(28)24-15-2-3-17(16(22)10-15)27-4-6-31-7-5-27/h2-3,8-11H,4-7,12H2,1H3,(H,23,25)(H,24,28). The van der Waals surface area contributed by atoms with Crippen LogP contribution in [0, 0.1) is 0 Å². The number of ether oxygens (including phenoxy) is 1. The van der Waals surface area contributed by atoms with Crippen molar-refractivity contribution in [3.8, 4) is 0 Å². The van der Waals surface area contributed by atoms with Crippen molar-refractivity contribution in [3.05, 3.63) is 46.0 Å². The normalized spacial score (nSPS) is 14.8.